The van der Waals surface area contributed by atoms with E-state index in [9.17, 15) is 4.79 Å². The lowest BCUT2D eigenvalue weighted by Gasteiger charge is -2.25. The van der Waals surface area contributed by atoms with Crippen molar-refractivity contribution in [2.75, 3.05) is 25.4 Å². The highest BCUT2D eigenvalue weighted by Gasteiger charge is 2.10. The molecule has 4 heteroatoms. The molecule has 2 rings (SSSR count). The Balaban J connectivity index is 1.82. The van der Waals surface area contributed by atoms with E-state index in [0.29, 0.717) is 17.1 Å². The topological polar surface area (TPSA) is 46.3 Å². The molecule has 1 fully saturated rings. The van der Waals surface area contributed by atoms with Crippen molar-refractivity contribution >= 4 is 29.1 Å². The summed E-state index contributed by atoms with van der Waals surface area (Å²) in [6, 6.07) is 5.30. The van der Waals surface area contributed by atoms with E-state index in [0.717, 1.165) is 25.2 Å². The molecule has 0 aromatic heterocycles. The van der Waals surface area contributed by atoms with Crippen LogP contribution in [0.1, 0.15) is 31.2 Å². The van der Waals surface area contributed by atoms with Crippen LogP contribution in [0.25, 0.3) is 6.08 Å². The van der Waals surface area contributed by atoms with Gasteiger partial charge in [-0.1, -0.05) is 24.1 Å². The van der Waals surface area contributed by atoms with Gasteiger partial charge in [-0.3, -0.25) is 4.79 Å². The quantitative estimate of drug-likeness (QED) is 0.668. The third-order valence-corrected chi connectivity index (χ3v) is 3.92. The van der Waals surface area contributed by atoms with Crippen molar-refractivity contribution in [3.63, 3.8) is 0 Å². The van der Waals surface area contributed by atoms with E-state index < -0.39 is 0 Å². The number of ketones is 1. The molecule has 0 amide bonds. The van der Waals surface area contributed by atoms with Gasteiger partial charge in [0.25, 0.3) is 0 Å². The zero-order valence-corrected chi connectivity index (χ0v) is 12.4. The number of hydrogen-bond donors (Lipinski definition) is 1. The summed E-state index contributed by atoms with van der Waals surface area (Å²) in [6.45, 7) is 3.11. The number of rotatable bonds is 5. The normalized spacial score (nSPS) is 16.6. The highest BCUT2D eigenvalue weighted by Crippen LogP contribution is 2.20. The third kappa shape index (κ3) is 4.66. The predicted octanol–water partition coefficient (Wildman–Crippen LogP) is 3.38. The highest BCUT2D eigenvalue weighted by molar-refractivity contribution is 6.32. The molecule has 1 saturated heterocycles. The molecule has 1 aliphatic heterocycles. The first-order chi connectivity index (χ1) is 9.65. The maximum Gasteiger partial charge on any atom is 0.156 e. The van der Waals surface area contributed by atoms with Gasteiger partial charge in [-0.05, 0) is 55.8 Å². The number of likely N-dealkylation sites (tertiary alicyclic amines) is 1. The molecule has 20 heavy (non-hydrogen) atoms. The Morgan fingerprint density at radius 3 is 2.75 bits per heavy atom. The van der Waals surface area contributed by atoms with Gasteiger partial charge < -0.3 is 10.6 Å². The molecule has 2 N–H and O–H groups in total. The second-order valence-electron chi connectivity index (χ2n) is 5.23. The summed E-state index contributed by atoms with van der Waals surface area (Å²) in [7, 11) is 0. The Labute approximate surface area is 125 Å². The van der Waals surface area contributed by atoms with Crippen molar-refractivity contribution in [3.8, 4) is 0 Å². The molecule has 0 spiro atoms. The van der Waals surface area contributed by atoms with Crippen LogP contribution in [-0.4, -0.2) is 30.3 Å². The average molecular weight is 293 g/mol. The van der Waals surface area contributed by atoms with Gasteiger partial charge in [-0.25, -0.2) is 0 Å². The van der Waals surface area contributed by atoms with E-state index in [1.54, 1.807) is 24.3 Å². The molecular weight excluding hydrogens is 272 g/mol. The van der Waals surface area contributed by atoms with Gasteiger partial charge in [0.2, 0.25) is 0 Å². The van der Waals surface area contributed by atoms with E-state index in [1.807, 2.05) is 6.07 Å². The van der Waals surface area contributed by atoms with Gasteiger partial charge in [0.05, 0.1) is 0 Å². The first kappa shape index (κ1) is 15.1. The van der Waals surface area contributed by atoms with Gasteiger partial charge in [0.1, 0.15) is 0 Å². The Morgan fingerprint density at radius 2 is 2.05 bits per heavy atom. The second-order valence-corrected chi connectivity index (χ2v) is 5.64. The van der Waals surface area contributed by atoms with E-state index >= 15 is 0 Å². The molecule has 1 heterocycles. The summed E-state index contributed by atoms with van der Waals surface area (Å²) in [5.74, 6) is 0.142. The van der Waals surface area contributed by atoms with Crippen molar-refractivity contribution in [2.45, 2.75) is 25.7 Å². The molecule has 0 saturated carbocycles. The number of anilines is 1. The monoisotopic (exact) mass is 292 g/mol. The molecule has 0 unspecified atom stereocenters. The lowest BCUT2D eigenvalue weighted by atomic mass is 10.1. The maximum absolute atomic E-state index is 11.9. The van der Waals surface area contributed by atoms with Crippen LogP contribution >= 0.6 is 11.6 Å². The van der Waals surface area contributed by atoms with Crippen LogP contribution in [0.2, 0.25) is 5.02 Å². The molecule has 0 atom stereocenters. The number of piperidine rings is 1. The minimum absolute atomic E-state index is 0.142. The fourth-order valence-corrected chi connectivity index (χ4v) is 2.65. The Bertz CT molecular complexity index is 493. The van der Waals surface area contributed by atoms with E-state index in [2.05, 4.69) is 4.90 Å². The smallest absolute Gasteiger partial charge is 0.156 e. The molecule has 0 bridgehead atoms. The van der Waals surface area contributed by atoms with Crippen LogP contribution < -0.4 is 5.73 Å². The van der Waals surface area contributed by atoms with Crippen LogP contribution in [0, 0.1) is 0 Å². The lowest BCUT2D eigenvalue weighted by Crippen LogP contribution is -2.31. The summed E-state index contributed by atoms with van der Waals surface area (Å²) < 4.78 is 0. The van der Waals surface area contributed by atoms with E-state index in [1.165, 1.54) is 19.3 Å². The third-order valence-electron chi connectivity index (χ3n) is 3.60. The SMILES string of the molecule is Nc1ccc(/C=C/C(=O)CCN2CCCCC2)c(Cl)c1. The zero-order valence-electron chi connectivity index (χ0n) is 11.6. The van der Waals surface area contributed by atoms with Crippen molar-refractivity contribution < 1.29 is 4.79 Å². The van der Waals surface area contributed by atoms with Gasteiger partial charge in [0.15, 0.2) is 5.78 Å². The van der Waals surface area contributed by atoms with Crippen LogP contribution in [-0.2, 0) is 4.79 Å². The predicted molar refractivity (Wildman–Crippen MR) is 84.8 cm³/mol. The van der Waals surface area contributed by atoms with Gasteiger partial charge in [-0.15, -0.1) is 0 Å². The number of hydrogen-bond acceptors (Lipinski definition) is 3. The minimum atomic E-state index is 0.142. The van der Waals surface area contributed by atoms with Gasteiger partial charge >= 0.3 is 0 Å². The first-order valence-corrected chi connectivity index (χ1v) is 7.51. The van der Waals surface area contributed by atoms with Crippen molar-refractivity contribution in [3.05, 3.63) is 34.9 Å². The van der Waals surface area contributed by atoms with E-state index in [-0.39, 0.29) is 5.78 Å². The summed E-state index contributed by atoms with van der Waals surface area (Å²) in [5, 5.41) is 0.574. The van der Waals surface area contributed by atoms with Crippen LogP contribution in [0.3, 0.4) is 0 Å². The number of benzene rings is 1. The van der Waals surface area contributed by atoms with Crippen molar-refractivity contribution in [2.24, 2.45) is 0 Å². The van der Waals surface area contributed by atoms with Crippen LogP contribution in [0.5, 0.6) is 0 Å². The van der Waals surface area contributed by atoms with E-state index in [4.69, 9.17) is 17.3 Å². The highest BCUT2D eigenvalue weighted by atomic mass is 35.5. The standard InChI is InChI=1S/C16H21ClN2O/c17-16-12-14(18)6-4-13(16)5-7-15(20)8-11-19-9-2-1-3-10-19/h4-7,12H,1-3,8-11,18H2/b7-5+. The number of nitrogens with zero attached hydrogens (tertiary/aromatic N) is 1. The lowest BCUT2D eigenvalue weighted by molar-refractivity contribution is -0.114. The summed E-state index contributed by atoms with van der Waals surface area (Å²) in [4.78, 5) is 14.2. The molecule has 0 radical (unpaired) electrons. The van der Waals surface area contributed by atoms with Crippen molar-refractivity contribution in [1.29, 1.82) is 0 Å². The summed E-state index contributed by atoms with van der Waals surface area (Å²) in [5.41, 5.74) is 7.09. The minimum Gasteiger partial charge on any atom is -0.399 e. The average Bonchev–Trinajstić information content (AvgIpc) is 2.45. The fraction of sp³-hybridized carbons (Fsp3) is 0.438. The fourth-order valence-electron chi connectivity index (χ4n) is 2.40. The number of nitrogen functional groups attached to an aromatic ring is 1. The summed E-state index contributed by atoms with van der Waals surface area (Å²) >= 11 is 6.06. The molecule has 1 aromatic rings. The number of allylic oxidation sites excluding steroid dienone is 1. The number of nitrogens with two attached hydrogens (primary N) is 1. The molecular formula is C16H21ClN2O. The van der Waals surface area contributed by atoms with Crippen LogP contribution in [0.15, 0.2) is 24.3 Å². The number of halogens is 1. The van der Waals surface area contributed by atoms with Crippen LogP contribution in [0.4, 0.5) is 5.69 Å². The second kappa shape index (κ2) is 7.46. The summed E-state index contributed by atoms with van der Waals surface area (Å²) in [6.07, 6.45) is 7.78. The molecule has 1 aromatic carbocycles. The number of carbonyl (C=O) groups is 1. The zero-order chi connectivity index (χ0) is 14.4. The molecule has 108 valence electrons. The molecule has 1 aliphatic rings. The Kier molecular flexibility index (Phi) is 5.62. The Hall–Kier alpha value is -1.32. The molecule has 0 aliphatic carbocycles. The Morgan fingerprint density at radius 1 is 1.30 bits per heavy atom. The first-order valence-electron chi connectivity index (χ1n) is 7.13. The number of carbonyl (C=O) groups excluding carboxylic acids is 1. The van der Waals surface area contributed by atoms with Gasteiger partial charge in [0, 0.05) is 23.7 Å². The molecule has 3 nitrogen and oxygen atoms in total. The van der Waals surface area contributed by atoms with Crippen molar-refractivity contribution in [1.82, 2.24) is 4.90 Å². The van der Waals surface area contributed by atoms with Gasteiger partial charge in [-0.2, -0.15) is 0 Å². The maximum atomic E-state index is 11.9. The largest absolute Gasteiger partial charge is 0.399 e.